The van der Waals surface area contributed by atoms with E-state index in [2.05, 4.69) is 31.7 Å². The van der Waals surface area contributed by atoms with Gasteiger partial charge in [0.15, 0.2) is 5.60 Å². The van der Waals surface area contributed by atoms with Crippen molar-refractivity contribution in [2.24, 2.45) is 5.92 Å². The lowest BCUT2D eigenvalue weighted by atomic mass is 9.73. The van der Waals surface area contributed by atoms with Crippen molar-refractivity contribution >= 4 is 17.9 Å². The third-order valence-corrected chi connectivity index (χ3v) is 5.80. The second kappa shape index (κ2) is 12.6. The molecular weight excluding hydrogens is 430 g/mol. The van der Waals surface area contributed by atoms with Gasteiger partial charge in [0.05, 0.1) is 12.8 Å². The fraction of sp³-hybridized carbons (Fsp3) is 0.625. The highest BCUT2D eigenvalue weighted by atomic mass is 16.4. The zero-order chi connectivity index (χ0) is 25.2. The van der Waals surface area contributed by atoms with Crippen LogP contribution in [0.25, 0.3) is 0 Å². The Balaban J connectivity index is 0.000000366. The van der Waals surface area contributed by atoms with Gasteiger partial charge in [0, 0.05) is 12.0 Å². The van der Waals surface area contributed by atoms with Gasteiger partial charge in [-0.1, -0.05) is 39.3 Å². The summed E-state index contributed by atoms with van der Waals surface area (Å²) < 4.78 is 0. The van der Waals surface area contributed by atoms with Crippen LogP contribution in [-0.4, -0.2) is 73.6 Å². The van der Waals surface area contributed by atoms with Crippen LogP contribution in [0.1, 0.15) is 64.9 Å². The lowest BCUT2D eigenvalue weighted by Crippen LogP contribution is -2.42. The van der Waals surface area contributed by atoms with Crippen LogP contribution in [0.5, 0.6) is 5.75 Å². The van der Waals surface area contributed by atoms with Crippen molar-refractivity contribution in [1.29, 1.82) is 0 Å². The third kappa shape index (κ3) is 9.01. The van der Waals surface area contributed by atoms with Crippen molar-refractivity contribution in [2.75, 3.05) is 19.6 Å². The number of benzene rings is 1. The lowest BCUT2D eigenvalue weighted by molar-refractivity contribution is -0.170. The number of rotatable bonds is 11. The van der Waals surface area contributed by atoms with Crippen LogP contribution >= 0.6 is 0 Å². The first-order chi connectivity index (χ1) is 15.3. The average molecular weight is 468 g/mol. The zero-order valence-corrected chi connectivity index (χ0v) is 19.7. The number of aliphatic carboxylic acids is 3. The molecular formula is C24H37NO8. The molecule has 2 rings (SSSR count). The van der Waals surface area contributed by atoms with Crippen LogP contribution in [0.3, 0.4) is 0 Å². The van der Waals surface area contributed by atoms with E-state index < -0.39 is 36.4 Å². The molecule has 0 bridgehead atoms. The van der Waals surface area contributed by atoms with Crippen LogP contribution in [0.15, 0.2) is 24.3 Å². The number of aliphatic hydroxyl groups is 1. The summed E-state index contributed by atoms with van der Waals surface area (Å²) in [7, 11) is 0. The minimum Gasteiger partial charge on any atom is -0.508 e. The first kappa shape index (κ1) is 28.4. The Bertz CT molecular complexity index is 793. The molecule has 1 aliphatic heterocycles. The molecule has 0 aliphatic carbocycles. The quantitative estimate of drug-likeness (QED) is 0.330. The number of aromatic hydroxyl groups is 1. The number of carbonyl (C=O) groups is 3. The van der Waals surface area contributed by atoms with Crippen molar-refractivity contribution in [3.05, 3.63) is 29.8 Å². The summed E-state index contributed by atoms with van der Waals surface area (Å²) >= 11 is 0. The summed E-state index contributed by atoms with van der Waals surface area (Å²) in [4.78, 5) is 33.1. The van der Waals surface area contributed by atoms with E-state index in [-0.39, 0.29) is 5.41 Å². The summed E-state index contributed by atoms with van der Waals surface area (Å²) in [5.74, 6) is -3.93. The molecule has 186 valence electrons. The number of unbranched alkanes of at least 4 members (excludes halogenated alkanes) is 1. The summed E-state index contributed by atoms with van der Waals surface area (Å²) in [6.07, 6.45) is 2.69. The van der Waals surface area contributed by atoms with Gasteiger partial charge in [0.25, 0.3) is 0 Å². The van der Waals surface area contributed by atoms with Crippen molar-refractivity contribution in [2.45, 2.75) is 70.3 Å². The Labute approximate surface area is 194 Å². The van der Waals surface area contributed by atoms with Crippen molar-refractivity contribution < 1.29 is 39.9 Å². The molecule has 5 N–H and O–H groups in total. The topological polar surface area (TPSA) is 156 Å². The minimum absolute atomic E-state index is 0.237. The van der Waals surface area contributed by atoms with E-state index in [0.29, 0.717) is 11.7 Å². The smallest absolute Gasteiger partial charge is 0.336 e. The molecule has 1 heterocycles. The van der Waals surface area contributed by atoms with E-state index in [1.165, 1.54) is 44.3 Å². The van der Waals surface area contributed by atoms with Gasteiger partial charge >= 0.3 is 17.9 Å². The number of phenolic OH excluding ortho intramolecular Hbond substituents is 1. The number of nitrogens with zero attached hydrogens (tertiary/aromatic N) is 1. The van der Waals surface area contributed by atoms with E-state index in [1.54, 1.807) is 6.07 Å². The molecule has 33 heavy (non-hydrogen) atoms. The van der Waals surface area contributed by atoms with E-state index in [0.717, 1.165) is 6.54 Å². The third-order valence-electron chi connectivity index (χ3n) is 5.80. The Morgan fingerprint density at radius 1 is 1.12 bits per heavy atom. The monoisotopic (exact) mass is 467 g/mol. The van der Waals surface area contributed by atoms with Gasteiger partial charge in [0.1, 0.15) is 5.75 Å². The van der Waals surface area contributed by atoms with Crippen molar-refractivity contribution in [1.82, 2.24) is 4.90 Å². The molecule has 1 fully saturated rings. The Morgan fingerprint density at radius 2 is 1.73 bits per heavy atom. The first-order valence-electron chi connectivity index (χ1n) is 11.2. The number of hydrogen-bond donors (Lipinski definition) is 5. The molecule has 1 aromatic rings. The summed E-state index contributed by atoms with van der Waals surface area (Å²) in [6.45, 7) is 10.4. The van der Waals surface area contributed by atoms with Crippen LogP contribution < -0.4 is 0 Å². The van der Waals surface area contributed by atoms with E-state index >= 15 is 0 Å². The molecule has 9 heteroatoms. The second-order valence-corrected chi connectivity index (χ2v) is 9.29. The zero-order valence-electron chi connectivity index (χ0n) is 19.7. The second-order valence-electron chi connectivity index (χ2n) is 9.29. The maximum atomic E-state index is 10.3. The minimum atomic E-state index is -2.74. The van der Waals surface area contributed by atoms with Crippen LogP contribution in [0.2, 0.25) is 0 Å². The number of hydrogen-bond acceptors (Lipinski definition) is 6. The highest BCUT2D eigenvalue weighted by molar-refractivity contribution is 5.88. The fourth-order valence-corrected chi connectivity index (χ4v) is 4.38. The Kier molecular flexibility index (Phi) is 10.8. The number of phenols is 1. The summed E-state index contributed by atoms with van der Waals surface area (Å²) in [5.41, 5.74) is -1.18. The molecule has 1 saturated heterocycles. The molecule has 1 aliphatic rings. The largest absolute Gasteiger partial charge is 0.508 e. The SMILES string of the molecule is CCCCN1CCC(CC(C)C)(c2cccc(O)c2)C1.O=C(O)CC(O)(CC(=O)O)C(=O)O. The van der Waals surface area contributed by atoms with Gasteiger partial charge in [-0.3, -0.25) is 9.59 Å². The molecule has 9 nitrogen and oxygen atoms in total. The fourth-order valence-electron chi connectivity index (χ4n) is 4.38. The van der Waals surface area contributed by atoms with Crippen LogP contribution in [0.4, 0.5) is 0 Å². The van der Waals surface area contributed by atoms with E-state index in [9.17, 15) is 19.5 Å². The molecule has 0 radical (unpaired) electrons. The van der Waals surface area contributed by atoms with Gasteiger partial charge in [-0.05, 0) is 56.0 Å². The Hall–Kier alpha value is -2.65. The van der Waals surface area contributed by atoms with E-state index in [1.807, 2.05) is 12.1 Å². The number of likely N-dealkylation sites (tertiary alicyclic amines) is 1. The molecule has 1 atom stereocenters. The first-order valence-corrected chi connectivity index (χ1v) is 11.2. The van der Waals surface area contributed by atoms with Gasteiger partial charge in [-0.15, -0.1) is 0 Å². The van der Waals surface area contributed by atoms with Crippen LogP contribution in [-0.2, 0) is 19.8 Å². The average Bonchev–Trinajstić information content (AvgIpc) is 3.09. The number of carboxylic acid groups (broad SMARTS) is 3. The summed E-state index contributed by atoms with van der Waals surface area (Å²) in [6, 6.07) is 7.94. The lowest BCUT2D eigenvalue weighted by Gasteiger charge is -2.32. The Morgan fingerprint density at radius 3 is 2.18 bits per heavy atom. The van der Waals surface area contributed by atoms with Crippen molar-refractivity contribution in [3.63, 3.8) is 0 Å². The number of carboxylic acids is 3. The highest BCUT2D eigenvalue weighted by Gasteiger charge is 2.41. The van der Waals surface area contributed by atoms with Gasteiger partial charge in [-0.25, -0.2) is 4.79 Å². The highest BCUT2D eigenvalue weighted by Crippen LogP contribution is 2.41. The molecule has 0 amide bonds. The van der Waals surface area contributed by atoms with E-state index in [4.69, 9.17) is 20.4 Å². The van der Waals surface area contributed by atoms with Gasteiger partial charge in [-0.2, -0.15) is 0 Å². The predicted molar refractivity (Wildman–Crippen MR) is 122 cm³/mol. The molecule has 1 aromatic carbocycles. The molecule has 0 aromatic heterocycles. The van der Waals surface area contributed by atoms with Gasteiger partial charge in [0.2, 0.25) is 0 Å². The van der Waals surface area contributed by atoms with Gasteiger partial charge < -0.3 is 30.4 Å². The molecule has 0 saturated carbocycles. The normalized spacial score (nSPS) is 18.6. The van der Waals surface area contributed by atoms with Crippen molar-refractivity contribution in [3.8, 4) is 5.75 Å². The maximum absolute atomic E-state index is 10.3. The maximum Gasteiger partial charge on any atom is 0.336 e. The standard InChI is InChI=1S/C18H29NO.C6H8O7/c1-4-5-10-19-11-9-18(14-19,13-15(2)3)16-7-6-8-17(20)12-16;7-3(8)1-6(13,5(11)12)2-4(9)10/h6-8,12,15,20H,4-5,9-11,13-14H2,1-3H3;13H,1-2H2,(H,7,8)(H,9,10)(H,11,12). The summed E-state index contributed by atoms with van der Waals surface area (Å²) in [5, 5.41) is 43.6. The molecule has 1 unspecified atom stereocenters. The van der Waals surface area contributed by atoms with Crippen LogP contribution in [0, 0.1) is 5.92 Å². The molecule has 0 spiro atoms. The predicted octanol–water partition coefficient (Wildman–Crippen LogP) is 2.93.